The van der Waals surface area contributed by atoms with Crippen LogP contribution in [0.5, 0.6) is 0 Å². The minimum atomic E-state index is -0.203. The molecular formula is C23H24N4O2. The van der Waals surface area contributed by atoms with Crippen molar-refractivity contribution in [3.63, 3.8) is 0 Å². The van der Waals surface area contributed by atoms with E-state index >= 15 is 0 Å². The van der Waals surface area contributed by atoms with E-state index in [1.54, 1.807) is 23.1 Å². The van der Waals surface area contributed by atoms with Gasteiger partial charge in [0.2, 0.25) is 5.91 Å². The SMILES string of the molecule is O=C(CCC(=O)c1ccc2c(c1)CCCC2)Nc1ccn(Cc2ccncc2)n1. The Morgan fingerprint density at radius 2 is 1.76 bits per heavy atom. The minimum Gasteiger partial charge on any atom is -0.309 e. The molecular weight excluding hydrogens is 364 g/mol. The predicted octanol–water partition coefficient (Wildman–Crippen LogP) is 3.81. The third-order valence-corrected chi connectivity index (χ3v) is 5.25. The zero-order valence-electron chi connectivity index (χ0n) is 16.3. The van der Waals surface area contributed by atoms with Gasteiger partial charge in [0, 0.05) is 43.1 Å². The summed E-state index contributed by atoms with van der Waals surface area (Å²) in [4.78, 5) is 28.7. The van der Waals surface area contributed by atoms with Crippen LogP contribution >= 0.6 is 0 Å². The molecule has 0 saturated heterocycles. The lowest BCUT2D eigenvalue weighted by atomic mass is 9.89. The van der Waals surface area contributed by atoms with E-state index in [4.69, 9.17) is 0 Å². The van der Waals surface area contributed by atoms with Gasteiger partial charge in [-0.2, -0.15) is 5.10 Å². The van der Waals surface area contributed by atoms with E-state index in [-0.39, 0.29) is 24.5 Å². The van der Waals surface area contributed by atoms with Crippen LogP contribution in [0.15, 0.2) is 55.0 Å². The van der Waals surface area contributed by atoms with Crippen LogP contribution in [0.25, 0.3) is 0 Å². The number of rotatable bonds is 7. The molecule has 1 aliphatic carbocycles. The van der Waals surface area contributed by atoms with Crippen molar-refractivity contribution in [2.75, 3.05) is 5.32 Å². The molecule has 0 radical (unpaired) electrons. The average Bonchev–Trinajstić information content (AvgIpc) is 3.19. The highest BCUT2D eigenvalue weighted by Crippen LogP contribution is 2.23. The number of amides is 1. The number of carbonyl (C=O) groups excluding carboxylic acids is 2. The first-order valence-corrected chi connectivity index (χ1v) is 10.0. The van der Waals surface area contributed by atoms with Crippen LogP contribution in [-0.2, 0) is 24.2 Å². The van der Waals surface area contributed by atoms with Gasteiger partial charge in [-0.3, -0.25) is 19.3 Å². The van der Waals surface area contributed by atoms with Crippen LogP contribution in [0.1, 0.15) is 52.7 Å². The Bertz CT molecular complexity index is 1010. The molecule has 0 unspecified atom stereocenters. The van der Waals surface area contributed by atoms with Crippen molar-refractivity contribution in [1.29, 1.82) is 0 Å². The number of nitrogens with one attached hydrogen (secondary N) is 1. The van der Waals surface area contributed by atoms with Crippen molar-refractivity contribution < 1.29 is 9.59 Å². The fraction of sp³-hybridized carbons (Fsp3) is 0.304. The van der Waals surface area contributed by atoms with E-state index in [1.807, 2.05) is 30.5 Å². The van der Waals surface area contributed by atoms with Gasteiger partial charge in [0.25, 0.3) is 0 Å². The largest absolute Gasteiger partial charge is 0.309 e. The summed E-state index contributed by atoms with van der Waals surface area (Å²) < 4.78 is 1.75. The molecule has 0 bridgehead atoms. The summed E-state index contributed by atoms with van der Waals surface area (Å²) in [5, 5.41) is 7.13. The van der Waals surface area contributed by atoms with Crippen molar-refractivity contribution in [3.8, 4) is 0 Å². The molecule has 0 spiro atoms. The smallest absolute Gasteiger partial charge is 0.226 e. The molecule has 0 atom stereocenters. The minimum absolute atomic E-state index is 0.0109. The number of fused-ring (bicyclic) bond motifs is 1. The number of Topliss-reactive ketones (excluding diaryl/α,β-unsaturated/α-hetero) is 1. The molecule has 3 aromatic rings. The topological polar surface area (TPSA) is 76.9 Å². The van der Waals surface area contributed by atoms with Crippen LogP contribution in [0.3, 0.4) is 0 Å². The maximum Gasteiger partial charge on any atom is 0.226 e. The lowest BCUT2D eigenvalue weighted by Gasteiger charge is -2.16. The molecule has 0 saturated carbocycles. The number of anilines is 1. The molecule has 1 aliphatic rings. The Kier molecular flexibility index (Phi) is 5.79. The Morgan fingerprint density at radius 1 is 0.966 bits per heavy atom. The molecule has 4 rings (SSSR count). The first-order chi connectivity index (χ1) is 14.2. The van der Waals surface area contributed by atoms with Crippen LogP contribution < -0.4 is 5.32 Å². The zero-order valence-corrected chi connectivity index (χ0v) is 16.3. The summed E-state index contributed by atoms with van der Waals surface area (Å²) in [7, 11) is 0. The highest BCUT2D eigenvalue weighted by Gasteiger charge is 2.14. The van der Waals surface area contributed by atoms with Crippen molar-refractivity contribution in [3.05, 3.63) is 77.2 Å². The van der Waals surface area contributed by atoms with Gasteiger partial charge in [-0.05, 0) is 60.6 Å². The van der Waals surface area contributed by atoms with Crippen LogP contribution in [0.2, 0.25) is 0 Å². The van der Waals surface area contributed by atoms with Gasteiger partial charge in [0.1, 0.15) is 0 Å². The first-order valence-electron chi connectivity index (χ1n) is 10.0. The van der Waals surface area contributed by atoms with E-state index in [2.05, 4.69) is 21.5 Å². The number of hydrogen-bond donors (Lipinski definition) is 1. The second-order valence-corrected chi connectivity index (χ2v) is 7.42. The molecule has 6 nitrogen and oxygen atoms in total. The summed E-state index contributed by atoms with van der Waals surface area (Å²) in [5.41, 5.74) is 4.43. The van der Waals surface area contributed by atoms with Gasteiger partial charge in [-0.15, -0.1) is 0 Å². The third kappa shape index (κ3) is 4.96. The lowest BCUT2D eigenvalue weighted by molar-refractivity contribution is -0.116. The lowest BCUT2D eigenvalue weighted by Crippen LogP contribution is -2.14. The van der Waals surface area contributed by atoms with E-state index < -0.39 is 0 Å². The molecule has 148 valence electrons. The molecule has 2 heterocycles. The molecule has 29 heavy (non-hydrogen) atoms. The normalized spacial score (nSPS) is 13.0. The molecule has 1 amide bonds. The number of ketones is 1. The van der Waals surface area contributed by atoms with Gasteiger partial charge in [-0.1, -0.05) is 12.1 Å². The Hall–Kier alpha value is -3.28. The van der Waals surface area contributed by atoms with Gasteiger partial charge >= 0.3 is 0 Å². The number of nitrogens with zero attached hydrogens (tertiary/aromatic N) is 3. The molecule has 2 aromatic heterocycles. The predicted molar refractivity (Wildman–Crippen MR) is 111 cm³/mol. The van der Waals surface area contributed by atoms with Crippen LogP contribution in [0, 0.1) is 0 Å². The van der Waals surface area contributed by atoms with E-state index in [0.717, 1.165) is 18.4 Å². The second kappa shape index (κ2) is 8.82. The Labute approximate surface area is 170 Å². The molecule has 1 aromatic carbocycles. The second-order valence-electron chi connectivity index (χ2n) is 7.42. The van der Waals surface area contributed by atoms with Crippen LogP contribution in [0.4, 0.5) is 5.82 Å². The van der Waals surface area contributed by atoms with Crippen molar-refractivity contribution in [2.24, 2.45) is 0 Å². The third-order valence-electron chi connectivity index (χ3n) is 5.25. The summed E-state index contributed by atoms with van der Waals surface area (Å²) in [5.74, 6) is 0.299. The number of carbonyl (C=O) groups is 2. The van der Waals surface area contributed by atoms with E-state index in [9.17, 15) is 9.59 Å². The standard InChI is InChI=1S/C23H24N4O2/c28-21(20-6-5-18-3-1-2-4-19(18)15-20)7-8-23(29)25-22-11-14-27(26-22)16-17-9-12-24-13-10-17/h5-6,9-15H,1-4,7-8,16H2,(H,25,26,29). The number of pyridine rings is 1. The van der Waals surface area contributed by atoms with Crippen molar-refractivity contribution >= 4 is 17.5 Å². The number of aryl methyl sites for hydroxylation is 2. The Morgan fingerprint density at radius 3 is 2.59 bits per heavy atom. The molecule has 0 aliphatic heterocycles. The van der Waals surface area contributed by atoms with E-state index in [0.29, 0.717) is 17.9 Å². The van der Waals surface area contributed by atoms with Crippen molar-refractivity contribution in [2.45, 2.75) is 45.1 Å². The highest BCUT2D eigenvalue weighted by atomic mass is 16.2. The molecule has 0 fully saturated rings. The molecule has 1 N–H and O–H groups in total. The summed E-state index contributed by atoms with van der Waals surface area (Å²) in [6.45, 7) is 0.606. The zero-order chi connectivity index (χ0) is 20.1. The average molecular weight is 388 g/mol. The number of hydrogen-bond acceptors (Lipinski definition) is 4. The maximum atomic E-state index is 12.5. The molecule has 6 heteroatoms. The summed E-state index contributed by atoms with van der Waals surface area (Å²) in [6.07, 6.45) is 10.2. The summed E-state index contributed by atoms with van der Waals surface area (Å²) in [6, 6.07) is 11.6. The van der Waals surface area contributed by atoms with Gasteiger partial charge < -0.3 is 5.32 Å². The van der Waals surface area contributed by atoms with Crippen molar-refractivity contribution in [1.82, 2.24) is 14.8 Å². The Balaban J connectivity index is 1.28. The van der Waals surface area contributed by atoms with Gasteiger partial charge in [0.05, 0.1) is 6.54 Å². The number of benzene rings is 1. The highest BCUT2D eigenvalue weighted by molar-refractivity contribution is 6.00. The maximum absolute atomic E-state index is 12.5. The fourth-order valence-electron chi connectivity index (χ4n) is 3.68. The van der Waals surface area contributed by atoms with E-state index in [1.165, 1.54) is 24.0 Å². The fourth-order valence-corrected chi connectivity index (χ4v) is 3.68. The van der Waals surface area contributed by atoms with Crippen LogP contribution in [-0.4, -0.2) is 26.5 Å². The van der Waals surface area contributed by atoms with Gasteiger partial charge in [-0.25, -0.2) is 0 Å². The quantitative estimate of drug-likeness (QED) is 0.625. The number of aromatic nitrogens is 3. The van der Waals surface area contributed by atoms with Gasteiger partial charge in [0.15, 0.2) is 11.6 Å². The summed E-state index contributed by atoms with van der Waals surface area (Å²) >= 11 is 0. The monoisotopic (exact) mass is 388 g/mol. The first kappa shape index (κ1) is 19.1.